The van der Waals surface area contributed by atoms with Crippen molar-refractivity contribution in [3.63, 3.8) is 0 Å². The van der Waals surface area contributed by atoms with Crippen LogP contribution >= 0.6 is 23.5 Å². The van der Waals surface area contributed by atoms with Gasteiger partial charge in [0.2, 0.25) is 5.91 Å². The fourth-order valence-corrected chi connectivity index (χ4v) is 5.47. The molecule has 1 atom stereocenters. The van der Waals surface area contributed by atoms with Gasteiger partial charge in [-0.2, -0.15) is 11.8 Å². The second-order valence-electron chi connectivity index (χ2n) is 6.44. The minimum atomic E-state index is -0.425. The lowest BCUT2D eigenvalue weighted by Gasteiger charge is -2.43. The van der Waals surface area contributed by atoms with E-state index in [1.165, 1.54) is 23.9 Å². The molecule has 142 valence electrons. The highest BCUT2D eigenvalue weighted by molar-refractivity contribution is 8.00. The van der Waals surface area contributed by atoms with E-state index in [4.69, 9.17) is 4.74 Å². The van der Waals surface area contributed by atoms with Gasteiger partial charge in [-0.15, -0.1) is 11.8 Å². The zero-order valence-electron chi connectivity index (χ0n) is 14.5. The molecule has 0 bridgehead atoms. The highest BCUT2D eigenvalue weighted by atomic mass is 32.2. The molecule has 26 heavy (non-hydrogen) atoms. The number of rotatable bonds is 7. The maximum Gasteiger partial charge on any atom is 0.269 e. The molecule has 1 N–H and O–H groups in total. The SMILES string of the molecule is O=C(CSc1ccc([N+](=O)[O-])cc1)NCC1(N2CCOCC2)CCSC1. The van der Waals surface area contributed by atoms with E-state index in [-0.39, 0.29) is 17.1 Å². The van der Waals surface area contributed by atoms with E-state index in [1.54, 1.807) is 12.1 Å². The standard InChI is InChI=1S/C17H23N3O4S2/c21-16(11-26-15-3-1-14(2-4-15)20(22)23)18-12-17(5-10-25-13-17)19-6-8-24-9-7-19/h1-4H,5-13H2,(H,18,21). The molecule has 0 radical (unpaired) electrons. The van der Waals surface area contributed by atoms with Crippen molar-refractivity contribution >= 4 is 35.1 Å². The summed E-state index contributed by atoms with van der Waals surface area (Å²) in [6.45, 7) is 4.04. The molecule has 1 aromatic rings. The van der Waals surface area contributed by atoms with Crippen molar-refractivity contribution < 1.29 is 14.5 Å². The van der Waals surface area contributed by atoms with Gasteiger partial charge in [0.15, 0.2) is 0 Å². The highest BCUT2D eigenvalue weighted by Gasteiger charge is 2.40. The van der Waals surface area contributed by atoms with Crippen molar-refractivity contribution in [2.45, 2.75) is 16.9 Å². The molecular formula is C17H23N3O4S2. The van der Waals surface area contributed by atoms with E-state index in [9.17, 15) is 14.9 Å². The van der Waals surface area contributed by atoms with E-state index in [0.29, 0.717) is 12.3 Å². The van der Waals surface area contributed by atoms with Crippen molar-refractivity contribution in [3.05, 3.63) is 34.4 Å². The van der Waals surface area contributed by atoms with Crippen LogP contribution in [0.3, 0.4) is 0 Å². The number of amides is 1. The summed E-state index contributed by atoms with van der Waals surface area (Å²) in [4.78, 5) is 25.9. The van der Waals surface area contributed by atoms with Crippen LogP contribution in [0.15, 0.2) is 29.2 Å². The molecule has 0 saturated carbocycles. The van der Waals surface area contributed by atoms with Gasteiger partial charge < -0.3 is 10.1 Å². The predicted molar refractivity (Wildman–Crippen MR) is 104 cm³/mol. The lowest BCUT2D eigenvalue weighted by molar-refractivity contribution is -0.384. The topological polar surface area (TPSA) is 84.7 Å². The van der Waals surface area contributed by atoms with Gasteiger partial charge in [-0.3, -0.25) is 19.8 Å². The number of nitro benzene ring substituents is 1. The minimum Gasteiger partial charge on any atom is -0.379 e. The van der Waals surface area contributed by atoms with E-state index in [0.717, 1.165) is 49.1 Å². The van der Waals surface area contributed by atoms with Crippen LogP contribution in [-0.2, 0) is 9.53 Å². The van der Waals surface area contributed by atoms with E-state index < -0.39 is 4.92 Å². The molecule has 0 aliphatic carbocycles. The number of hydrogen-bond donors (Lipinski definition) is 1. The van der Waals surface area contributed by atoms with E-state index in [1.807, 2.05) is 11.8 Å². The van der Waals surface area contributed by atoms with E-state index in [2.05, 4.69) is 10.2 Å². The quantitative estimate of drug-likeness (QED) is 0.428. The fourth-order valence-electron chi connectivity index (χ4n) is 3.26. The third kappa shape index (κ3) is 4.91. The zero-order chi connectivity index (χ0) is 18.4. The second-order valence-corrected chi connectivity index (χ2v) is 8.60. The molecule has 9 heteroatoms. The van der Waals surface area contributed by atoms with Crippen LogP contribution in [0.1, 0.15) is 6.42 Å². The molecule has 1 unspecified atom stereocenters. The minimum absolute atomic E-state index is 0.00196. The zero-order valence-corrected chi connectivity index (χ0v) is 16.2. The van der Waals surface area contributed by atoms with Crippen LogP contribution in [0.25, 0.3) is 0 Å². The largest absolute Gasteiger partial charge is 0.379 e. The van der Waals surface area contributed by atoms with Crippen LogP contribution in [-0.4, -0.2) is 71.4 Å². The first kappa shape index (κ1) is 19.5. The second kappa shape index (κ2) is 9.07. The molecule has 2 heterocycles. The first-order chi connectivity index (χ1) is 12.6. The molecule has 2 aliphatic heterocycles. The number of carbonyl (C=O) groups is 1. The summed E-state index contributed by atoms with van der Waals surface area (Å²) in [5, 5.41) is 13.8. The van der Waals surface area contributed by atoms with Crippen LogP contribution in [0.4, 0.5) is 5.69 Å². The Morgan fingerprint density at radius 3 is 2.69 bits per heavy atom. The molecule has 1 amide bonds. The number of hydrogen-bond acceptors (Lipinski definition) is 7. The van der Waals surface area contributed by atoms with Gasteiger partial charge in [0, 0.05) is 48.0 Å². The van der Waals surface area contributed by atoms with Crippen LogP contribution in [0, 0.1) is 10.1 Å². The summed E-state index contributed by atoms with van der Waals surface area (Å²) in [5.41, 5.74) is 0.104. The third-order valence-electron chi connectivity index (χ3n) is 4.80. The Balaban J connectivity index is 1.48. The first-order valence-corrected chi connectivity index (χ1v) is 10.8. The fraction of sp³-hybridized carbons (Fsp3) is 0.588. The number of thioether (sulfide) groups is 2. The number of morpholine rings is 1. The average Bonchev–Trinajstić information content (AvgIpc) is 3.16. The average molecular weight is 398 g/mol. The predicted octanol–water partition coefficient (Wildman–Crippen LogP) is 2.01. The molecule has 1 aromatic carbocycles. The number of nitrogens with one attached hydrogen (secondary N) is 1. The van der Waals surface area contributed by atoms with Crippen LogP contribution in [0.2, 0.25) is 0 Å². The van der Waals surface area contributed by atoms with Crippen LogP contribution in [0.5, 0.6) is 0 Å². The van der Waals surface area contributed by atoms with Gasteiger partial charge in [0.25, 0.3) is 5.69 Å². The summed E-state index contributed by atoms with van der Waals surface area (Å²) in [6, 6.07) is 6.28. The third-order valence-corrected chi connectivity index (χ3v) is 7.04. The van der Waals surface area contributed by atoms with Gasteiger partial charge in [0.1, 0.15) is 0 Å². The molecule has 2 fully saturated rings. The highest BCUT2D eigenvalue weighted by Crippen LogP contribution is 2.33. The van der Waals surface area contributed by atoms with Crippen molar-refractivity contribution in [2.75, 3.05) is 50.1 Å². The Morgan fingerprint density at radius 2 is 2.08 bits per heavy atom. The van der Waals surface area contributed by atoms with Crippen molar-refractivity contribution in [3.8, 4) is 0 Å². The normalized spacial score (nSPS) is 23.7. The van der Waals surface area contributed by atoms with Crippen LogP contribution < -0.4 is 5.32 Å². The summed E-state index contributed by atoms with van der Waals surface area (Å²) < 4.78 is 5.46. The number of nitro groups is 1. The first-order valence-electron chi connectivity index (χ1n) is 8.64. The number of nitrogens with zero attached hydrogens (tertiary/aromatic N) is 2. The van der Waals surface area contributed by atoms with Crippen molar-refractivity contribution in [1.82, 2.24) is 10.2 Å². The molecule has 0 spiro atoms. The van der Waals surface area contributed by atoms with Gasteiger partial charge in [-0.05, 0) is 24.3 Å². The maximum atomic E-state index is 12.3. The summed E-state index contributed by atoms with van der Waals surface area (Å²) in [6.07, 6.45) is 1.09. The lowest BCUT2D eigenvalue weighted by Crippen LogP contribution is -2.59. The Hall–Kier alpha value is -1.29. The maximum absolute atomic E-state index is 12.3. The summed E-state index contributed by atoms with van der Waals surface area (Å²) in [5.74, 6) is 2.48. The van der Waals surface area contributed by atoms with Gasteiger partial charge in [-0.25, -0.2) is 0 Å². The Kier molecular flexibility index (Phi) is 6.80. The molecule has 2 aliphatic rings. The van der Waals surface area contributed by atoms with Gasteiger partial charge in [-0.1, -0.05) is 0 Å². The molecule has 3 rings (SSSR count). The number of non-ortho nitro benzene ring substituents is 1. The number of carbonyl (C=O) groups excluding carboxylic acids is 1. The van der Waals surface area contributed by atoms with Crippen molar-refractivity contribution in [2.24, 2.45) is 0 Å². The van der Waals surface area contributed by atoms with Crippen molar-refractivity contribution in [1.29, 1.82) is 0 Å². The lowest BCUT2D eigenvalue weighted by atomic mass is 9.95. The number of benzene rings is 1. The monoisotopic (exact) mass is 397 g/mol. The van der Waals surface area contributed by atoms with E-state index >= 15 is 0 Å². The molecular weight excluding hydrogens is 374 g/mol. The molecule has 0 aromatic heterocycles. The Labute approximate surface area is 161 Å². The summed E-state index contributed by atoms with van der Waals surface area (Å²) >= 11 is 3.34. The molecule has 7 nitrogen and oxygen atoms in total. The Bertz CT molecular complexity index is 629. The van der Waals surface area contributed by atoms with Gasteiger partial charge >= 0.3 is 0 Å². The summed E-state index contributed by atoms with van der Waals surface area (Å²) in [7, 11) is 0. The smallest absolute Gasteiger partial charge is 0.269 e. The Morgan fingerprint density at radius 1 is 1.35 bits per heavy atom. The van der Waals surface area contributed by atoms with Gasteiger partial charge in [0.05, 0.1) is 23.9 Å². The number of ether oxygens (including phenoxy) is 1. The molecule has 2 saturated heterocycles.